The van der Waals surface area contributed by atoms with Gasteiger partial charge >= 0.3 is 0 Å². The fourth-order valence-corrected chi connectivity index (χ4v) is 5.82. The van der Waals surface area contributed by atoms with Gasteiger partial charge in [0.05, 0.1) is 16.8 Å². The molecule has 2 N–H and O–H groups in total. The molecule has 3 amide bonds. The van der Waals surface area contributed by atoms with Gasteiger partial charge in [0.2, 0.25) is 11.8 Å². The van der Waals surface area contributed by atoms with Gasteiger partial charge in [-0.3, -0.25) is 19.4 Å². The smallest absolute Gasteiger partial charge is 0.292 e. The molecule has 4 aromatic rings. The number of fused-ring (bicyclic) bond motifs is 1. The topological polar surface area (TPSA) is 144 Å². The summed E-state index contributed by atoms with van der Waals surface area (Å²) in [5, 5.41) is 1.54. The zero-order valence-corrected chi connectivity index (χ0v) is 22.9. The summed E-state index contributed by atoms with van der Waals surface area (Å²) in [5.74, 6) is -3.09. The molecule has 0 spiro atoms. The van der Waals surface area contributed by atoms with Crippen LogP contribution in [0.1, 0.15) is 29.9 Å². The SMILES string of the molecule is CCN(CC)C(=O)C(Cc1ccc(N(C(=O)c2cnccn2)S(=O)(=O)c2ccc3ccccc3c2)cc1)C(N)=O. The second-order valence-corrected chi connectivity index (χ2v) is 10.8. The van der Waals surface area contributed by atoms with E-state index in [0.717, 1.165) is 5.39 Å². The number of nitrogens with two attached hydrogens (primary N) is 1. The minimum atomic E-state index is -4.39. The first kappa shape index (κ1) is 28.4. The fraction of sp³-hybridized carbons (Fsp3) is 0.207. The molecule has 0 radical (unpaired) electrons. The maximum Gasteiger partial charge on any atom is 0.292 e. The van der Waals surface area contributed by atoms with E-state index < -0.39 is 27.8 Å². The maximum atomic E-state index is 13.9. The Morgan fingerprint density at radius 3 is 2.17 bits per heavy atom. The average molecular weight is 560 g/mol. The first-order valence-electron chi connectivity index (χ1n) is 12.7. The molecule has 0 saturated heterocycles. The van der Waals surface area contributed by atoms with Crippen molar-refractivity contribution in [3.05, 3.63) is 96.6 Å². The van der Waals surface area contributed by atoms with Crippen LogP contribution in [0.3, 0.4) is 0 Å². The van der Waals surface area contributed by atoms with Crippen LogP contribution in [0.25, 0.3) is 10.8 Å². The van der Waals surface area contributed by atoms with Crippen LogP contribution in [0.2, 0.25) is 0 Å². The third-order valence-electron chi connectivity index (χ3n) is 6.55. The van der Waals surface area contributed by atoms with Crippen LogP contribution in [0, 0.1) is 5.92 Å². The van der Waals surface area contributed by atoms with Crippen LogP contribution >= 0.6 is 0 Å². The van der Waals surface area contributed by atoms with E-state index in [1.807, 2.05) is 26.0 Å². The molecule has 1 atom stereocenters. The number of amides is 3. The first-order chi connectivity index (χ1) is 19.2. The predicted octanol–water partition coefficient (Wildman–Crippen LogP) is 3.18. The summed E-state index contributed by atoms with van der Waals surface area (Å²) < 4.78 is 28.5. The maximum absolute atomic E-state index is 13.9. The lowest BCUT2D eigenvalue weighted by atomic mass is 9.97. The molecule has 1 heterocycles. The van der Waals surface area contributed by atoms with E-state index in [1.165, 1.54) is 47.8 Å². The summed E-state index contributed by atoms with van der Waals surface area (Å²) in [5.41, 5.74) is 6.01. The highest BCUT2D eigenvalue weighted by Crippen LogP contribution is 2.28. The number of hydrogen-bond donors (Lipinski definition) is 1. The third kappa shape index (κ3) is 5.84. The Morgan fingerprint density at radius 2 is 1.57 bits per heavy atom. The molecule has 4 rings (SSSR count). The highest BCUT2D eigenvalue weighted by molar-refractivity contribution is 7.93. The number of sulfonamides is 1. The Kier molecular flexibility index (Phi) is 8.54. The molecule has 206 valence electrons. The summed E-state index contributed by atoms with van der Waals surface area (Å²) in [7, 11) is -4.39. The number of anilines is 1. The van der Waals surface area contributed by atoms with Gasteiger partial charge in [0, 0.05) is 25.5 Å². The van der Waals surface area contributed by atoms with E-state index in [0.29, 0.717) is 28.3 Å². The van der Waals surface area contributed by atoms with Gasteiger partial charge in [0.25, 0.3) is 15.9 Å². The normalized spacial score (nSPS) is 12.1. The van der Waals surface area contributed by atoms with Gasteiger partial charge in [0.1, 0.15) is 11.6 Å². The molecule has 10 nitrogen and oxygen atoms in total. The van der Waals surface area contributed by atoms with Crippen LogP contribution in [0.15, 0.2) is 90.2 Å². The summed E-state index contributed by atoms with van der Waals surface area (Å²) in [6, 6.07) is 17.9. The lowest BCUT2D eigenvalue weighted by Crippen LogP contribution is -2.42. The molecule has 0 fully saturated rings. The van der Waals surface area contributed by atoms with Crippen LogP contribution in [0.5, 0.6) is 0 Å². The van der Waals surface area contributed by atoms with E-state index in [4.69, 9.17) is 5.73 Å². The average Bonchev–Trinajstić information content (AvgIpc) is 2.97. The molecule has 3 aromatic carbocycles. The molecule has 11 heteroatoms. The van der Waals surface area contributed by atoms with Gasteiger partial charge in [-0.1, -0.05) is 42.5 Å². The van der Waals surface area contributed by atoms with Crippen molar-refractivity contribution in [1.82, 2.24) is 14.9 Å². The summed E-state index contributed by atoms with van der Waals surface area (Å²) in [6.45, 7) is 4.49. The summed E-state index contributed by atoms with van der Waals surface area (Å²) >= 11 is 0. The Morgan fingerprint density at radius 1 is 0.900 bits per heavy atom. The highest BCUT2D eigenvalue weighted by atomic mass is 32.2. The van der Waals surface area contributed by atoms with Crippen molar-refractivity contribution in [2.45, 2.75) is 25.2 Å². The Balaban J connectivity index is 1.73. The van der Waals surface area contributed by atoms with Gasteiger partial charge in [-0.2, -0.15) is 4.31 Å². The van der Waals surface area contributed by atoms with Gasteiger partial charge in [-0.05, 0) is 60.9 Å². The summed E-state index contributed by atoms with van der Waals surface area (Å²) in [6.07, 6.45) is 3.90. The quantitative estimate of drug-likeness (QED) is 0.294. The number of carbonyl (C=O) groups is 3. The van der Waals surface area contributed by atoms with E-state index in [9.17, 15) is 22.8 Å². The Labute approximate surface area is 232 Å². The minimum Gasteiger partial charge on any atom is -0.369 e. The lowest BCUT2D eigenvalue weighted by molar-refractivity contribution is -0.140. The van der Waals surface area contributed by atoms with E-state index in [1.54, 1.807) is 30.3 Å². The molecule has 1 unspecified atom stereocenters. The molecule has 0 aliphatic heterocycles. The molecule has 0 saturated carbocycles. The first-order valence-corrected chi connectivity index (χ1v) is 14.1. The number of nitrogens with zero attached hydrogens (tertiary/aromatic N) is 4. The van der Waals surface area contributed by atoms with Gasteiger partial charge in [0.15, 0.2) is 0 Å². The fourth-order valence-electron chi connectivity index (χ4n) is 4.38. The monoisotopic (exact) mass is 559 g/mol. The zero-order valence-electron chi connectivity index (χ0n) is 22.1. The van der Waals surface area contributed by atoms with E-state index in [2.05, 4.69) is 9.97 Å². The molecular weight excluding hydrogens is 530 g/mol. The highest BCUT2D eigenvalue weighted by Gasteiger charge is 2.33. The molecule has 0 aliphatic rings. The third-order valence-corrected chi connectivity index (χ3v) is 8.26. The second-order valence-electron chi connectivity index (χ2n) is 9.01. The van der Waals surface area contributed by atoms with Crippen molar-refractivity contribution in [2.24, 2.45) is 11.7 Å². The van der Waals surface area contributed by atoms with Crippen LogP contribution in [-0.2, 0) is 26.0 Å². The van der Waals surface area contributed by atoms with Crippen molar-refractivity contribution < 1.29 is 22.8 Å². The summed E-state index contributed by atoms with van der Waals surface area (Å²) in [4.78, 5) is 47.8. The molecule has 40 heavy (non-hydrogen) atoms. The van der Waals surface area contributed by atoms with Crippen molar-refractivity contribution in [2.75, 3.05) is 17.4 Å². The minimum absolute atomic E-state index is 0.0283. The number of primary amides is 1. The zero-order chi connectivity index (χ0) is 28.9. The van der Waals surface area contributed by atoms with E-state index >= 15 is 0 Å². The molecule has 1 aromatic heterocycles. The molecular formula is C29H29N5O5S. The van der Waals surface area contributed by atoms with Crippen LogP contribution in [0.4, 0.5) is 5.69 Å². The Bertz CT molecular complexity index is 1640. The number of hydrogen-bond acceptors (Lipinski definition) is 7. The van der Waals surface area contributed by atoms with E-state index in [-0.39, 0.29) is 28.6 Å². The van der Waals surface area contributed by atoms with Crippen LogP contribution in [-0.4, -0.2) is 54.1 Å². The largest absolute Gasteiger partial charge is 0.369 e. The lowest BCUT2D eigenvalue weighted by Gasteiger charge is -2.24. The predicted molar refractivity (Wildman–Crippen MR) is 151 cm³/mol. The second kappa shape index (κ2) is 12.0. The van der Waals surface area contributed by atoms with Gasteiger partial charge in [-0.15, -0.1) is 0 Å². The van der Waals surface area contributed by atoms with Gasteiger partial charge in [-0.25, -0.2) is 13.4 Å². The number of rotatable bonds is 10. The molecule has 0 bridgehead atoms. The van der Waals surface area contributed by atoms with Crippen molar-refractivity contribution in [3.63, 3.8) is 0 Å². The van der Waals surface area contributed by atoms with Gasteiger partial charge < -0.3 is 10.6 Å². The van der Waals surface area contributed by atoms with Crippen molar-refractivity contribution >= 4 is 44.2 Å². The standard InChI is InChI=1S/C29H29N5O5S/c1-3-33(4-2)28(36)25(27(30)35)17-20-9-12-23(13-10-20)34(29(37)26-19-31-15-16-32-26)40(38,39)24-14-11-21-7-5-6-8-22(21)18-24/h5-16,18-19,25H,3-4,17H2,1-2H3,(H2,30,35). The number of benzene rings is 3. The van der Waals surface area contributed by atoms with Crippen molar-refractivity contribution in [3.8, 4) is 0 Å². The number of aromatic nitrogens is 2. The Hall–Kier alpha value is -4.64. The molecule has 0 aliphatic carbocycles. The van der Waals surface area contributed by atoms with Crippen molar-refractivity contribution in [1.29, 1.82) is 0 Å². The number of carbonyl (C=O) groups excluding carboxylic acids is 3. The van der Waals surface area contributed by atoms with Crippen LogP contribution < -0.4 is 10.0 Å².